The van der Waals surface area contributed by atoms with Crippen LogP contribution in [-0.4, -0.2) is 50.7 Å². The van der Waals surface area contributed by atoms with Crippen LogP contribution in [0.15, 0.2) is 6.07 Å². The van der Waals surface area contributed by atoms with Crippen molar-refractivity contribution < 1.29 is 4.79 Å². The zero-order valence-electron chi connectivity index (χ0n) is 17.6. The molecule has 28 heavy (non-hydrogen) atoms. The second kappa shape index (κ2) is 7.82. The normalized spacial score (nSPS) is 20.4. The van der Waals surface area contributed by atoms with Crippen molar-refractivity contribution in [3.63, 3.8) is 0 Å². The number of carbonyl (C=O) groups excluding carboxylic acids is 1. The summed E-state index contributed by atoms with van der Waals surface area (Å²) in [7, 11) is 1.89. The zero-order chi connectivity index (χ0) is 19.7. The Balaban J connectivity index is 1.58. The third-order valence-corrected chi connectivity index (χ3v) is 6.73. The first kappa shape index (κ1) is 19.4. The quantitative estimate of drug-likeness (QED) is 0.878. The van der Waals surface area contributed by atoms with Gasteiger partial charge < -0.3 is 5.32 Å². The molecule has 0 aromatic carbocycles. The Bertz CT molecular complexity index is 859. The highest BCUT2D eigenvalue weighted by molar-refractivity contribution is 6.06. The molecule has 2 fully saturated rings. The van der Waals surface area contributed by atoms with Gasteiger partial charge in [-0.05, 0) is 58.7 Å². The smallest absolute Gasteiger partial charge is 0.252 e. The van der Waals surface area contributed by atoms with Gasteiger partial charge in [0.25, 0.3) is 5.91 Å². The molecule has 3 heterocycles. The van der Waals surface area contributed by atoms with E-state index in [-0.39, 0.29) is 11.4 Å². The molecule has 1 saturated carbocycles. The number of piperidine rings is 1. The Morgan fingerprint density at radius 2 is 1.79 bits per heavy atom. The maximum atomic E-state index is 13.2. The predicted octanol–water partition coefficient (Wildman–Crippen LogP) is 3.50. The van der Waals surface area contributed by atoms with E-state index in [1.165, 1.54) is 64.5 Å². The van der Waals surface area contributed by atoms with Crippen LogP contribution in [-0.2, 0) is 7.05 Å². The predicted molar refractivity (Wildman–Crippen MR) is 112 cm³/mol. The molecule has 2 aromatic rings. The van der Waals surface area contributed by atoms with Gasteiger partial charge in [0.15, 0.2) is 5.65 Å². The summed E-state index contributed by atoms with van der Waals surface area (Å²) in [6.45, 7) is 6.99. The van der Waals surface area contributed by atoms with Crippen LogP contribution in [0.1, 0.15) is 73.1 Å². The van der Waals surface area contributed by atoms with Crippen LogP contribution in [0.3, 0.4) is 0 Å². The number of aryl methyl sites for hydroxylation is 3. The first-order valence-corrected chi connectivity index (χ1v) is 10.8. The number of hydrogen-bond donors (Lipinski definition) is 1. The number of amides is 1. The topological polar surface area (TPSA) is 63.1 Å². The Kier molecular flexibility index (Phi) is 5.41. The number of pyridine rings is 1. The number of nitrogens with one attached hydrogen (secondary N) is 1. The van der Waals surface area contributed by atoms with Crippen LogP contribution in [0.5, 0.6) is 0 Å². The summed E-state index contributed by atoms with van der Waals surface area (Å²) in [5, 5.41) is 8.67. The minimum absolute atomic E-state index is 0.00792. The van der Waals surface area contributed by atoms with Gasteiger partial charge in [0, 0.05) is 24.8 Å². The van der Waals surface area contributed by atoms with Crippen LogP contribution in [0.2, 0.25) is 0 Å². The van der Waals surface area contributed by atoms with E-state index < -0.39 is 0 Å². The molecular formula is C22H33N5O. The number of fused-ring (bicyclic) bond motifs is 1. The van der Waals surface area contributed by atoms with Gasteiger partial charge in [0.05, 0.1) is 16.6 Å². The number of aromatic nitrogens is 3. The molecule has 0 radical (unpaired) electrons. The monoisotopic (exact) mass is 383 g/mol. The van der Waals surface area contributed by atoms with E-state index in [4.69, 9.17) is 0 Å². The van der Waals surface area contributed by atoms with Gasteiger partial charge in [-0.2, -0.15) is 5.10 Å². The van der Waals surface area contributed by atoms with E-state index in [0.717, 1.165) is 29.0 Å². The molecule has 1 amide bonds. The lowest BCUT2D eigenvalue weighted by Crippen LogP contribution is -2.58. The molecule has 2 aliphatic rings. The largest absolute Gasteiger partial charge is 0.350 e. The molecule has 0 spiro atoms. The van der Waals surface area contributed by atoms with Crippen molar-refractivity contribution in [2.24, 2.45) is 7.05 Å². The maximum absolute atomic E-state index is 13.2. The highest BCUT2D eigenvalue weighted by Gasteiger charge is 2.38. The third kappa shape index (κ3) is 3.54. The van der Waals surface area contributed by atoms with E-state index >= 15 is 0 Å². The molecular weight excluding hydrogens is 350 g/mol. The number of likely N-dealkylation sites (tertiary alicyclic amines) is 1. The van der Waals surface area contributed by atoms with E-state index in [2.05, 4.69) is 20.3 Å². The van der Waals surface area contributed by atoms with E-state index in [1.54, 1.807) is 4.68 Å². The van der Waals surface area contributed by atoms with Crippen LogP contribution in [0, 0.1) is 13.8 Å². The minimum atomic E-state index is 0.00792. The van der Waals surface area contributed by atoms with Gasteiger partial charge in [0.2, 0.25) is 0 Å². The first-order chi connectivity index (χ1) is 13.5. The molecule has 4 rings (SSSR count). The Hall–Kier alpha value is -1.95. The second-order valence-electron chi connectivity index (χ2n) is 8.73. The lowest BCUT2D eigenvalue weighted by atomic mass is 9.79. The fourth-order valence-electron chi connectivity index (χ4n) is 5.27. The van der Waals surface area contributed by atoms with Gasteiger partial charge in [0.1, 0.15) is 0 Å². The molecule has 1 aliphatic carbocycles. The van der Waals surface area contributed by atoms with Crippen molar-refractivity contribution >= 4 is 16.9 Å². The summed E-state index contributed by atoms with van der Waals surface area (Å²) in [4.78, 5) is 20.5. The SMILES string of the molecule is Cc1cc(C(=O)NCC2(N3CCCCC3)CCCCC2)c2c(C)nn(C)c2n1. The van der Waals surface area contributed by atoms with E-state index in [0.29, 0.717) is 5.56 Å². The summed E-state index contributed by atoms with van der Waals surface area (Å²) in [5.74, 6) is 0.00792. The van der Waals surface area contributed by atoms with Gasteiger partial charge in [-0.15, -0.1) is 0 Å². The summed E-state index contributed by atoms with van der Waals surface area (Å²) < 4.78 is 1.77. The van der Waals surface area contributed by atoms with Crippen molar-refractivity contribution in [3.8, 4) is 0 Å². The van der Waals surface area contributed by atoms with Crippen LogP contribution in [0.25, 0.3) is 11.0 Å². The first-order valence-electron chi connectivity index (χ1n) is 10.8. The van der Waals surface area contributed by atoms with Crippen molar-refractivity contribution in [3.05, 3.63) is 23.0 Å². The Morgan fingerprint density at radius 1 is 1.11 bits per heavy atom. The maximum Gasteiger partial charge on any atom is 0.252 e. The molecule has 152 valence electrons. The fourth-order valence-corrected chi connectivity index (χ4v) is 5.27. The third-order valence-electron chi connectivity index (χ3n) is 6.73. The van der Waals surface area contributed by atoms with Crippen molar-refractivity contribution in [2.75, 3.05) is 19.6 Å². The summed E-state index contributed by atoms with van der Waals surface area (Å²) in [5.41, 5.74) is 3.34. The second-order valence-corrected chi connectivity index (χ2v) is 8.73. The van der Waals surface area contributed by atoms with Gasteiger partial charge in [-0.1, -0.05) is 25.7 Å². The Labute approximate surface area is 167 Å². The molecule has 1 saturated heterocycles. The number of nitrogens with zero attached hydrogens (tertiary/aromatic N) is 4. The molecule has 0 atom stereocenters. The number of hydrogen-bond acceptors (Lipinski definition) is 4. The summed E-state index contributed by atoms with van der Waals surface area (Å²) in [6, 6.07) is 1.90. The fraction of sp³-hybridized carbons (Fsp3) is 0.682. The molecule has 0 unspecified atom stereocenters. The van der Waals surface area contributed by atoms with E-state index in [1.807, 2.05) is 27.0 Å². The molecule has 0 bridgehead atoms. The van der Waals surface area contributed by atoms with Crippen molar-refractivity contribution in [2.45, 2.75) is 70.8 Å². The standard InChI is InChI=1S/C22H33N5O/c1-16-14-18(19-17(2)25-26(3)20(19)24-16)21(28)23-15-22(10-6-4-7-11-22)27-12-8-5-9-13-27/h14H,4-13,15H2,1-3H3,(H,23,28). The highest BCUT2D eigenvalue weighted by atomic mass is 16.1. The van der Waals surface area contributed by atoms with E-state index in [9.17, 15) is 4.79 Å². The lowest BCUT2D eigenvalue weighted by Gasteiger charge is -2.48. The molecule has 2 aromatic heterocycles. The highest BCUT2D eigenvalue weighted by Crippen LogP contribution is 2.35. The molecule has 1 aliphatic heterocycles. The molecule has 6 heteroatoms. The number of carbonyl (C=O) groups is 1. The van der Waals surface area contributed by atoms with Crippen molar-refractivity contribution in [1.82, 2.24) is 25.0 Å². The van der Waals surface area contributed by atoms with Gasteiger partial charge in [-0.3, -0.25) is 14.4 Å². The van der Waals surface area contributed by atoms with Crippen molar-refractivity contribution in [1.29, 1.82) is 0 Å². The van der Waals surface area contributed by atoms with Crippen LogP contribution >= 0.6 is 0 Å². The lowest BCUT2D eigenvalue weighted by molar-refractivity contribution is 0.0327. The zero-order valence-corrected chi connectivity index (χ0v) is 17.6. The summed E-state index contributed by atoms with van der Waals surface area (Å²) in [6.07, 6.45) is 10.2. The average molecular weight is 384 g/mol. The van der Waals surface area contributed by atoms with Gasteiger partial charge in [-0.25, -0.2) is 4.98 Å². The van der Waals surface area contributed by atoms with Crippen LogP contribution in [0.4, 0.5) is 0 Å². The minimum Gasteiger partial charge on any atom is -0.350 e. The van der Waals surface area contributed by atoms with Gasteiger partial charge >= 0.3 is 0 Å². The Morgan fingerprint density at radius 3 is 2.50 bits per heavy atom. The molecule has 6 nitrogen and oxygen atoms in total. The molecule has 1 N–H and O–H groups in total. The summed E-state index contributed by atoms with van der Waals surface area (Å²) >= 11 is 0. The number of rotatable bonds is 4. The average Bonchev–Trinajstić information content (AvgIpc) is 3.00. The van der Waals surface area contributed by atoms with Crippen LogP contribution < -0.4 is 5.32 Å².